The summed E-state index contributed by atoms with van der Waals surface area (Å²) >= 11 is 0. The minimum Gasteiger partial charge on any atom is -0.396 e. The van der Waals surface area contributed by atoms with Crippen molar-refractivity contribution in [1.82, 2.24) is 5.32 Å². The van der Waals surface area contributed by atoms with Crippen molar-refractivity contribution in [2.24, 2.45) is 0 Å². The monoisotopic (exact) mass is 264 g/mol. The van der Waals surface area contributed by atoms with Crippen molar-refractivity contribution >= 4 is 11.7 Å². The Morgan fingerprint density at radius 2 is 1.95 bits per heavy atom. The van der Waals surface area contributed by atoms with Gasteiger partial charge in [-0.05, 0) is 30.4 Å². The number of hydrogen-bond acceptors (Lipinski definition) is 2. The Morgan fingerprint density at radius 1 is 1.32 bits per heavy atom. The molecule has 0 aliphatic carbocycles. The molecule has 4 nitrogen and oxygen atoms in total. The highest BCUT2D eigenvalue weighted by molar-refractivity contribution is 5.90. The SMILES string of the molecule is C[C@H](CCO)NC(=O)Nc1ccccc1C(C)(C)C. The van der Waals surface area contributed by atoms with Crippen molar-refractivity contribution in [2.45, 2.75) is 45.6 Å². The van der Waals surface area contributed by atoms with E-state index in [1.165, 1.54) is 0 Å². The van der Waals surface area contributed by atoms with Crippen molar-refractivity contribution in [2.75, 3.05) is 11.9 Å². The number of carbonyl (C=O) groups excluding carboxylic acids is 1. The lowest BCUT2D eigenvalue weighted by Crippen LogP contribution is -2.37. The van der Waals surface area contributed by atoms with Crippen LogP contribution in [0, 0.1) is 0 Å². The Morgan fingerprint density at radius 3 is 2.53 bits per heavy atom. The summed E-state index contributed by atoms with van der Waals surface area (Å²) in [6.45, 7) is 8.27. The molecule has 0 fully saturated rings. The van der Waals surface area contributed by atoms with Gasteiger partial charge in [-0.1, -0.05) is 39.0 Å². The topological polar surface area (TPSA) is 61.4 Å². The zero-order valence-electron chi connectivity index (χ0n) is 12.2. The second-order valence-corrected chi connectivity index (χ2v) is 5.81. The molecule has 1 rings (SSSR count). The molecule has 1 aromatic rings. The maximum absolute atomic E-state index is 11.9. The lowest BCUT2D eigenvalue weighted by atomic mass is 9.86. The van der Waals surface area contributed by atoms with Crippen molar-refractivity contribution in [1.29, 1.82) is 0 Å². The predicted molar refractivity (Wildman–Crippen MR) is 78.5 cm³/mol. The first kappa shape index (κ1) is 15.5. The highest BCUT2D eigenvalue weighted by Crippen LogP contribution is 2.29. The van der Waals surface area contributed by atoms with Crippen molar-refractivity contribution in [3.8, 4) is 0 Å². The molecule has 1 aromatic carbocycles. The summed E-state index contributed by atoms with van der Waals surface area (Å²) in [4.78, 5) is 11.9. The number of anilines is 1. The highest BCUT2D eigenvalue weighted by Gasteiger charge is 2.18. The number of para-hydroxylation sites is 1. The molecule has 2 amide bonds. The van der Waals surface area contributed by atoms with Crippen LogP contribution in [0.2, 0.25) is 0 Å². The fraction of sp³-hybridized carbons (Fsp3) is 0.533. The van der Waals surface area contributed by atoms with Gasteiger partial charge in [0.1, 0.15) is 0 Å². The number of hydrogen-bond donors (Lipinski definition) is 3. The van der Waals surface area contributed by atoms with E-state index >= 15 is 0 Å². The Bertz CT molecular complexity index is 424. The van der Waals surface area contributed by atoms with Gasteiger partial charge in [0.2, 0.25) is 0 Å². The van der Waals surface area contributed by atoms with Crippen LogP contribution in [0.4, 0.5) is 10.5 Å². The van der Waals surface area contributed by atoms with Crippen LogP contribution >= 0.6 is 0 Å². The average Bonchev–Trinajstić information content (AvgIpc) is 2.28. The smallest absolute Gasteiger partial charge is 0.319 e. The molecule has 0 aromatic heterocycles. The van der Waals surface area contributed by atoms with E-state index in [-0.39, 0.29) is 24.1 Å². The molecule has 0 saturated carbocycles. The van der Waals surface area contributed by atoms with Crippen LogP contribution in [0.3, 0.4) is 0 Å². The molecule has 0 radical (unpaired) electrons. The minimum absolute atomic E-state index is 0.0272. The van der Waals surface area contributed by atoms with Gasteiger partial charge in [0.05, 0.1) is 0 Å². The number of nitrogens with one attached hydrogen (secondary N) is 2. The lowest BCUT2D eigenvalue weighted by molar-refractivity contribution is 0.241. The van der Waals surface area contributed by atoms with Crippen LogP contribution in [0.25, 0.3) is 0 Å². The van der Waals surface area contributed by atoms with Crippen molar-refractivity contribution in [3.63, 3.8) is 0 Å². The number of amides is 2. The molecule has 3 N–H and O–H groups in total. The van der Waals surface area contributed by atoms with E-state index in [0.717, 1.165) is 11.3 Å². The van der Waals surface area contributed by atoms with Gasteiger partial charge >= 0.3 is 6.03 Å². The Balaban J connectivity index is 2.75. The molecule has 0 unspecified atom stereocenters. The number of aliphatic hydroxyl groups excluding tert-OH is 1. The zero-order chi connectivity index (χ0) is 14.5. The predicted octanol–water partition coefficient (Wildman–Crippen LogP) is 2.88. The highest BCUT2D eigenvalue weighted by atomic mass is 16.3. The van der Waals surface area contributed by atoms with E-state index in [4.69, 9.17) is 5.11 Å². The van der Waals surface area contributed by atoms with Gasteiger partial charge < -0.3 is 15.7 Å². The van der Waals surface area contributed by atoms with Gasteiger partial charge in [-0.2, -0.15) is 0 Å². The van der Waals surface area contributed by atoms with Gasteiger partial charge in [0.25, 0.3) is 0 Å². The summed E-state index contributed by atoms with van der Waals surface area (Å²) in [5.41, 5.74) is 1.89. The zero-order valence-corrected chi connectivity index (χ0v) is 12.2. The number of carbonyl (C=O) groups is 1. The third-order valence-electron chi connectivity index (χ3n) is 2.92. The largest absolute Gasteiger partial charge is 0.396 e. The first-order valence-electron chi connectivity index (χ1n) is 6.62. The van der Waals surface area contributed by atoms with Gasteiger partial charge in [0.15, 0.2) is 0 Å². The number of aliphatic hydroxyl groups is 1. The van der Waals surface area contributed by atoms with E-state index in [1.54, 1.807) is 0 Å². The van der Waals surface area contributed by atoms with Gasteiger partial charge in [0, 0.05) is 18.3 Å². The molecule has 0 aliphatic rings. The maximum atomic E-state index is 11.9. The first-order chi connectivity index (χ1) is 8.84. The molecular weight excluding hydrogens is 240 g/mol. The summed E-state index contributed by atoms with van der Waals surface area (Å²) < 4.78 is 0. The van der Waals surface area contributed by atoms with E-state index < -0.39 is 0 Å². The average molecular weight is 264 g/mol. The fourth-order valence-electron chi connectivity index (χ4n) is 1.89. The van der Waals surface area contributed by atoms with E-state index in [0.29, 0.717) is 6.42 Å². The quantitative estimate of drug-likeness (QED) is 0.783. The maximum Gasteiger partial charge on any atom is 0.319 e. The molecule has 0 heterocycles. The summed E-state index contributed by atoms with van der Waals surface area (Å²) in [6.07, 6.45) is 0.550. The standard InChI is InChI=1S/C15H24N2O2/c1-11(9-10-18)16-14(19)17-13-8-6-5-7-12(13)15(2,3)4/h5-8,11,18H,9-10H2,1-4H3,(H2,16,17,19)/t11-/m1/s1. The summed E-state index contributed by atoms with van der Waals surface area (Å²) in [5.74, 6) is 0. The van der Waals surface area contributed by atoms with Crippen LogP contribution in [0.15, 0.2) is 24.3 Å². The van der Waals surface area contributed by atoms with Crippen molar-refractivity contribution < 1.29 is 9.90 Å². The number of urea groups is 1. The summed E-state index contributed by atoms with van der Waals surface area (Å²) in [5, 5.41) is 14.5. The molecule has 4 heteroatoms. The third-order valence-corrected chi connectivity index (χ3v) is 2.92. The number of rotatable bonds is 4. The van der Waals surface area contributed by atoms with E-state index in [9.17, 15) is 4.79 Å². The van der Waals surface area contributed by atoms with Gasteiger partial charge in [-0.15, -0.1) is 0 Å². The fourth-order valence-corrected chi connectivity index (χ4v) is 1.89. The Hall–Kier alpha value is -1.55. The summed E-state index contributed by atoms with van der Waals surface area (Å²) in [6, 6.07) is 7.51. The molecular formula is C15H24N2O2. The Labute approximate surface area is 115 Å². The molecule has 106 valence electrons. The van der Waals surface area contributed by atoms with E-state index in [1.807, 2.05) is 31.2 Å². The van der Waals surface area contributed by atoms with Gasteiger partial charge in [-0.3, -0.25) is 0 Å². The molecule has 1 atom stereocenters. The van der Waals surface area contributed by atoms with Crippen LogP contribution in [-0.2, 0) is 5.41 Å². The first-order valence-corrected chi connectivity index (χ1v) is 6.62. The third kappa shape index (κ3) is 4.91. The lowest BCUT2D eigenvalue weighted by Gasteiger charge is -2.23. The normalized spacial score (nSPS) is 12.9. The second-order valence-electron chi connectivity index (χ2n) is 5.81. The Kier molecular flexibility index (Phi) is 5.36. The molecule has 0 bridgehead atoms. The van der Waals surface area contributed by atoms with Crippen LogP contribution in [0.1, 0.15) is 39.7 Å². The number of benzene rings is 1. The van der Waals surface area contributed by atoms with Crippen LogP contribution in [0.5, 0.6) is 0 Å². The van der Waals surface area contributed by atoms with Crippen LogP contribution < -0.4 is 10.6 Å². The molecule has 19 heavy (non-hydrogen) atoms. The second kappa shape index (κ2) is 6.57. The molecule has 0 spiro atoms. The van der Waals surface area contributed by atoms with Crippen LogP contribution in [-0.4, -0.2) is 23.8 Å². The van der Waals surface area contributed by atoms with Crippen molar-refractivity contribution in [3.05, 3.63) is 29.8 Å². The molecule has 0 saturated heterocycles. The molecule has 0 aliphatic heterocycles. The van der Waals surface area contributed by atoms with Gasteiger partial charge in [-0.25, -0.2) is 4.79 Å². The summed E-state index contributed by atoms with van der Waals surface area (Å²) in [7, 11) is 0. The minimum atomic E-state index is -0.238. The van der Waals surface area contributed by atoms with E-state index in [2.05, 4.69) is 31.4 Å².